The van der Waals surface area contributed by atoms with Crippen molar-refractivity contribution in [3.8, 4) is 11.8 Å². The first-order chi connectivity index (χ1) is 12.0. The zero-order valence-corrected chi connectivity index (χ0v) is 14.5. The number of hydrogen-bond acceptors (Lipinski definition) is 4. The molecule has 2 aromatic carbocycles. The van der Waals surface area contributed by atoms with Crippen LogP contribution in [0.15, 0.2) is 42.5 Å². The van der Waals surface area contributed by atoms with Gasteiger partial charge in [-0.1, -0.05) is 48.0 Å². The first kappa shape index (κ1) is 15.6. The van der Waals surface area contributed by atoms with Crippen molar-refractivity contribution in [3.63, 3.8) is 0 Å². The van der Waals surface area contributed by atoms with E-state index in [1.54, 1.807) is 19.9 Å². The van der Waals surface area contributed by atoms with Crippen molar-refractivity contribution in [1.29, 1.82) is 0 Å². The molecule has 0 fully saturated rings. The van der Waals surface area contributed by atoms with Crippen molar-refractivity contribution in [3.05, 3.63) is 58.6 Å². The molecule has 0 saturated carbocycles. The Bertz CT molecular complexity index is 1110. The summed E-state index contributed by atoms with van der Waals surface area (Å²) in [5, 5.41) is 23.8. The maximum atomic E-state index is 10.2. The summed E-state index contributed by atoms with van der Waals surface area (Å²) in [5.41, 5.74) is 4.88. The number of aromatic hydroxyl groups is 2. The lowest BCUT2D eigenvalue weighted by molar-refractivity contribution is 0.390. The molecule has 0 bridgehead atoms. The zero-order valence-electron chi connectivity index (χ0n) is 13.7. The molecule has 4 rings (SSSR count). The van der Waals surface area contributed by atoms with Gasteiger partial charge in [0.25, 0.3) is 0 Å². The molecule has 6 heteroatoms. The monoisotopic (exact) mass is 353 g/mol. The summed E-state index contributed by atoms with van der Waals surface area (Å²) >= 11 is 6.43. The minimum absolute atomic E-state index is 0.0639. The maximum absolute atomic E-state index is 10.2. The number of nitrogens with zero attached hydrogens (tertiary/aromatic N) is 2. The van der Waals surface area contributed by atoms with Gasteiger partial charge in [-0.2, -0.15) is 4.68 Å². The Kier molecular flexibility index (Phi) is 3.47. The Balaban J connectivity index is 1.92. The van der Waals surface area contributed by atoms with E-state index < -0.39 is 0 Å². The van der Waals surface area contributed by atoms with E-state index in [2.05, 4.69) is 10.4 Å². The largest absolute Gasteiger partial charge is 0.493 e. The standard InChI is InChI=1S/C19H16ClN3O2/c1-10-11(2)19(25)23(18(10)24)22-16-9-15(20)14-8-7-12-5-3-4-6-13(12)17(14)21-16/h3-9,24-25H,1-2H3,(H,21,22). The summed E-state index contributed by atoms with van der Waals surface area (Å²) in [6.07, 6.45) is 0. The van der Waals surface area contributed by atoms with Crippen LogP contribution in [-0.4, -0.2) is 19.9 Å². The number of anilines is 1. The number of aromatic nitrogens is 2. The van der Waals surface area contributed by atoms with Crippen LogP contribution in [0.3, 0.4) is 0 Å². The summed E-state index contributed by atoms with van der Waals surface area (Å²) in [4.78, 5) is 4.64. The summed E-state index contributed by atoms with van der Waals surface area (Å²) < 4.78 is 1.19. The molecule has 0 spiro atoms. The van der Waals surface area contributed by atoms with Crippen molar-refractivity contribution in [1.82, 2.24) is 9.66 Å². The molecule has 0 amide bonds. The second-order valence-corrected chi connectivity index (χ2v) is 6.42. The molecule has 0 unspecified atom stereocenters. The number of rotatable bonds is 2. The van der Waals surface area contributed by atoms with Crippen LogP contribution in [0, 0.1) is 13.8 Å². The molecule has 5 nitrogen and oxygen atoms in total. The third-order valence-electron chi connectivity index (χ3n) is 4.54. The van der Waals surface area contributed by atoms with E-state index in [1.165, 1.54) is 4.68 Å². The molecule has 0 aliphatic rings. The van der Waals surface area contributed by atoms with Crippen LogP contribution in [0.5, 0.6) is 11.8 Å². The SMILES string of the molecule is Cc1c(C)c(O)n(Nc2cc(Cl)c3ccc4ccccc4c3n2)c1O. The fourth-order valence-corrected chi connectivity index (χ4v) is 3.22. The van der Waals surface area contributed by atoms with E-state index in [9.17, 15) is 10.2 Å². The highest BCUT2D eigenvalue weighted by Gasteiger charge is 2.17. The van der Waals surface area contributed by atoms with Crippen LogP contribution in [0.1, 0.15) is 11.1 Å². The first-order valence-corrected chi connectivity index (χ1v) is 8.20. The molecule has 3 N–H and O–H groups in total. The summed E-state index contributed by atoms with van der Waals surface area (Å²) in [6, 6.07) is 13.5. The topological polar surface area (TPSA) is 70.3 Å². The smallest absolute Gasteiger partial charge is 0.216 e. The van der Waals surface area contributed by atoms with Gasteiger partial charge in [-0.25, -0.2) is 4.98 Å². The molecular formula is C19H16ClN3O2. The van der Waals surface area contributed by atoms with Crippen LogP contribution in [0.25, 0.3) is 21.7 Å². The van der Waals surface area contributed by atoms with Gasteiger partial charge in [0.1, 0.15) is 5.82 Å². The van der Waals surface area contributed by atoms with Gasteiger partial charge in [0.05, 0.1) is 10.5 Å². The van der Waals surface area contributed by atoms with Crippen LogP contribution in [-0.2, 0) is 0 Å². The Morgan fingerprint density at radius 3 is 2.36 bits per heavy atom. The zero-order chi connectivity index (χ0) is 17.7. The maximum Gasteiger partial charge on any atom is 0.216 e. The summed E-state index contributed by atoms with van der Waals surface area (Å²) in [6.45, 7) is 3.47. The summed E-state index contributed by atoms with van der Waals surface area (Å²) in [5.74, 6) is 0.298. The van der Waals surface area contributed by atoms with E-state index in [0.29, 0.717) is 22.0 Å². The number of halogens is 1. The molecule has 0 aliphatic heterocycles. The van der Waals surface area contributed by atoms with Crippen molar-refractivity contribution in [2.45, 2.75) is 13.8 Å². The lowest BCUT2D eigenvalue weighted by Crippen LogP contribution is -2.09. The first-order valence-electron chi connectivity index (χ1n) is 7.82. The van der Waals surface area contributed by atoms with Gasteiger partial charge in [0.15, 0.2) is 0 Å². The molecule has 0 aliphatic carbocycles. The third kappa shape index (κ3) is 2.36. The van der Waals surface area contributed by atoms with Crippen molar-refractivity contribution in [2.24, 2.45) is 0 Å². The average Bonchev–Trinajstić information content (AvgIpc) is 2.79. The predicted octanol–water partition coefficient (Wildman–Crippen LogP) is 4.75. The van der Waals surface area contributed by atoms with E-state index in [1.807, 2.05) is 36.4 Å². The molecule has 0 saturated heterocycles. The number of fused-ring (bicyclic) bond motifs is 3. The fraction of sp³-hybridized carbons (Fsp3) is 0.105. The lowest BCUT2D eigenvalue weighted by Gasteiger charge is -2.12. The van der Waals surface area contributed by atoms with Crippen molar-refractivity contribution in [2.75, 3.05) is 5.43 Å². The predicted molar refractivity (Wildman–Crippen MR) is 101 cm³/mol. The number of benzene rings is 2. The average molecular weight is 354 g/mol. The highest BCUT2D eigenvalue weighted by Crippen LogP contribution is 2.34. The van der Waals surface area contributed by atoms with Gasteiger partial charge in [0, 0.05) is 28.0 Å². The van der Waals surface area contributed by atoms with Crippen LogP contribution >= 0.6 is 11.6 Å². The van der Waals surface area contributed by atoms with Gasteiger partial charge in [-0.15, -0.1) is 0 Å². The Morgan fingerprint density at radius 2 is 1.64 bits per heavy atom. The molecule has 25 heavy (non-hydrogen) atoms. The van der Waals surface area contributed by atoms with Gasteiger partial charge in [0.2, 0.25) is 11.8 Å². The normalized spacial score (nSPS) is 11.3. The lowest BCUT2D eigenvalue weighted by atomic mass is 10.1. The minimum atomic E-state index is -0.0639. The van der Waals surface area contributed by atoms with Crippen molar-refractivity contribution >= 4 is 39.1 Å². The van der Waals surface area contributed by atoms with Crippen LogP contribution in [0.2, 0.25) is 5.02 Å². The molecule has 4 aromatic rings. The van der Waals surface area contributed by atoms with E-state index in [4.69, 9.17) is 11.6 Å². The molecule has 126 valence electrons. The van der Waals surface area contributed by atoms with Gasteiger partial charge < -0.3 is 10.2 Å². The van der Waals surface area contributed by atoms with Gasteiger partial charge in [-0.05, 0) is 19.2 Å². The second kappa shape index (κ2) is 5.57. The third-order valence-corrected chi connectivity index (χ3v) is 4.85. The summed E-state index contributed by atoms with van der Waals surface area (Å²) in [7, 11) is 0. The van der Waals surface area contributed by atoms with E-state index >= 15 is 0 Å². The Morgan fingerprint density at radius 1 is 0.960 bits per heavy atom. The Hall–Kier alpha value is -2.92. The quantitative estimate of drug-likeness (QED) is 0.455. The fourth-order valence-electron chi connectivity index (χ4n) is 2.97. The van der Waals surface area contributed by atoms with Crippen LogP contribution in [0.4, 0.5) is 5.82 Å². The Labute approximate surface area is 149 Å². The number of nitrogens with one attached hydrogen (secondary N) is 1. The minimum Gasteiger partial charge on any atom is -0.493 e. The second-order valence-electron chi connectivity index (χ2n) is 6.02. The molecular weight excluding hydrogens is 338 g/mol. The highest BCUT2D eigenvalue weighted by molar-refractivity contribution is 6.36. The molecule has 2 heterocycles. The number of hydrogen-bond donors (Lipinski definition) is 3. The van der Waals surface area contributed by atoms with E-state index in [-0.39, 0.29) is 11.8 Å². The molecule has 2 aromatic heterocycles. The van der Waals surface area contributed by atoms with E-state index in [0.717, 1.165) is 21.7 Å². The molecule has 0 atom stereocenters. The van der Waals surface area contributed by atoms with Gasteiger partial charge in [-0.3, -0.25) is 5.43 Å². The van der Waals surface area contributed by atoms with Gasteiger partial charge >= 0.3 is 0 Å². The number of pyridine rings is 1. The van der Waals surface area contributed by atoms with Crippen molar-refractivity contribution < 1.29 is 10.2 Å². The highest BCUT2D eigenvalue weighted by atomic mass is 35.5. The molecule has 0 radical (unpaired) electrons. The van der Waals surface area contributed by atoms with Crippen LogP contribution < -0.4 is 5.43 Å².